The minimum absolute atomic E-state index is 0.0538. The molecule has 2 atom stereocenters. The van der Waals surface area contributed by atoms with Crippen molar-refractivity contribution < 1.29 is 9.84 Å². The summed E-state index contributed by atoms with van der Waals surface area (Å²) in [5.41, 5.74) is 0.977. The van der Waals surface area contributed by atoms with Crippen LogP contribution in [0.25, 0.3) is 11.4 Å². The lowest BCUT2D eigenvalue weighted by Crippen LogP contribution is -2.62. The van der Waals surface area contributed by atoms with Gasteiger partial charge in [-0.15, -0.1) is 0 Å². The van der Waals surface area contributed by atoms with Gasteiger partial charge in [-0.2, -0.15) is 0 Å². The van der Waals surface area contributed by atoms with Crippen LogP contribution >= 0.6 is 0 Å². The second kappa shape index (κ2) is 6.73. The molecule has 5 heteroatoms. The van der Waals surface area contributed by atoms with Crippen LogP contribution in [0, 0.1) is 5.41 Å². The number of ether oxygens (including phenoxy) is 1. The van der Waals surface area contributed by atoms with E-state index in [1.807, 2.05) is 49.5 Å². The molecule has 1 aliphatic heterocycles. The van der Waals surface area contributed by atoms with Gasteiger partial charge in [0.2, 0.25) is 0 Å². The Bertz CT molecular complexity index is 712. The summed E-state index contributed by atoms with van der Waals surface area (Å²) in [7, 11) is 0. The van der Waals surface area contributed by atoms with Crippen LogP contribution in [0.1, 0.15) is 26.2 Å². The summed E-state index contributed by atoms with van der Waals surface area (Å²) >= 11 is 0. The lowest BCUT2D eigenvalue weighted by molar-refractivity contribution is -0.199. The molecule has 0 unspecified atom stereocenters. The smallest absolute Gasteiger partial charge is 0.161 e. The molecule has 1 saturated heterocycles. The maximum Gasteiger partial charge on any atom is 0.161 e. The van der Waals surface area contributed by atoms with Crippen molar-refractivity contribution in [2.45, 2.75) is 38.4 Å². The Morgan fingerprint density at radius 3 is 2.64 bits per heavy atom. The standard InChI is InChI=1S/C20H25N3O2/c1-2-25-17-14-16(24)20(17)9-12-23(13-10-20)18-8-11-21-19(22-18)15-6-4-3-5-7-15/h3-8,11,16-17,24H,2,9-10,12-14H2,1H3/t16-,17+/m1/s1. The molecule has 2 aliphatic rings. The van der Waals surface area contributed by atoms with Gasteiger partial charge in [0.15, 0.2) is 5.82 Å². The molecule has 0 amide bonds. The van der Waals surface area contributed by atoms with Crippen molar-refractivity contribution in [3.8, 4) is 11.4 Å². The topological polar surface area (TPSA) is 58.5 Å². The van der Waals surface area contributed by atoms with Gasteiger partial charge >= 0.3 is 0 Å². The molecule has 1 N–H and O–H groups in total. The fourth-order valence-corrected chi connectivity index (χ4v) is 4.22. The number of aliphatic hydroxyl groups excluding tert-OH is 1. The molecule has 0 radical (unpaired) electrons. The van der Waals surface area contributed by atoms with Crippen LogP contribution in [-0.4, -0.2) is 47.0 Å². The zero-order chi connectivity index (χ0) is 17.3. The van der Waals surface area contributed by atoms with E-state index in [1.54, 1.807) is 0 Å². The van der Waals surface area contributed by atoms with E-state index < -0.39 is 0 Å². The Morgan fingerprint density at radius 1 is 1.20 bits per heavy atom. The van der Waals surface area contributed by atoms with Gasteiger partial charge in [-0.3, -0.25) is 0 Å². The van der Waals surface area contributed by atoms with E-state index in [9.17, 15) is 5.11 Å². The summed E-state index contributed by atoms with van der Waals surface area (Å²) in [4.78, 5) is 11.5. The number of nitrogens with zero attached hydrogens (tertiary/aromatic N) is 3. The molecule has 1 aliphatic carbocycles. The third-order valence-electron chi connectivity index (χ3n) is 5.80. The first-order valence-electron chi connectivity index (χ1n) is 9.16. The molecular weight excluding hydrogens is 314 g/mol. The van der Waals surface area contributed by atoms with E-state index in [0.29, 0.717) is 0 Å². The predicted octanol–water partition coefficient (Wildman–Crippen LogP) is 2.90. The van der Waals surface area contributed by atoms with E-state index in [-0.39, 0.29) is 17.6 Å². The zero-order valence-electron chi connectivity index (χ0n) is 14.6. The third-order valence-corrected chi connectivity index (χ3v) is 5.80. The molecule has 1 aromatic heterocycles. The molecular formula is C20H25N3O2. The van der Waals surface area contributed by atoms with Crippen molar-refractivity contribution in [2.75, 3.05) is 24.6 Å². The van der Waals surface area contributed by atoms with Crippen LogP contribution in [0.15, 0.2) is 42.6 Å². The van der Waals surface area contributed by atoms with Crippen LogP contribution < -0.4 is 4.90 Å². The lowest BCUT2D eigenvalue weighted by atomic mass is 9.58. The van der Waals surface area contributed by atoms with E-state index in [1.165, 1.54) is 0 Å². The zero-order valence-corrected chi connectivity index (χ0v) is 14.6. The SMILES string of the molecule is CCO[C@H]1C[C@@H](O)C12CCN(c1ccnc(-c3ccccc3)n1)CC2. The molecule has 0 bridgehead atoms. The van der Waals surface area contributed by atoms with E-state index in [0.717, 1.165) is 56.2 Å². The molecule has 5 nitrogen and oxygen atoms in total. The first-order chi connectivity index (χ1) is 12.2. The quantitative estimate of drug-likeness (QED) is 0.928. The number of piperidine rings is 1. The predicted molar refractivity (Wildman–Crippen MR) is 97.4 cm³/mol. The number of aliphatic hydroxyl groups is 1. The van der Waals surface area contributed by atoms with E-state index in [2.05, 4.69) is 9.88 Å². The highest BCUT2D eigenvalue weighted by atomic mass is 16.5. The molecule has 1 aromatic carbocycles. The molecule has 132 valence electrons. The van der Waals surface area contributed by atoms with Crippen molar-refractivity contribution in [2.24, 2.45) is 5.41 Å². The average molecular weight is 339 g/mol. The lowest BCUT2D eigenvalue weighted by Gasteiger charge is -2.56. The van der Waals surface area contributed by atoms with Gasteiger partial charge in [-0.25, -0.2) is 9.97 Å². The highest BCUT2D eigenvalue weighted by molar-refractivity contribution is 5.57. The summed E-state index contributed by atoms with van der Waals surface area (Å²) < 4.78 is 5.86. The van der Waals surface area contributed by atoms with E-state index in [4.69, 9.17) is 9.72 Å². The summed E-state index contributed by atoms with van der Waals surface area (Å²) in [6.45, 7) is 4.53. The molecule has 4 rings (SSSR count). The van der Waals surface area contributed by atoms with Crippen molar-refractivity contribution in [3.63, 3.8) is 0 Å². The Kier molecular flexibility index (Phi) is 4.44. The van der Waals surface area contributed by atoms with Gasteiger partial charge in [-0.05, 0) is 25.8 Å². The molecule has 1 spiro atoms. The minimum Gasteiger partial charge on any atom is -0.392 e. The average Bonchev–Trinajstić information content (AvgIpc) is 2.69. The highest BCUT2D eigenvalue weighted by Gasteiger charge is 2.56. The molecule has 2 fully saturated rings. The Balaban J connectivity index is 1.48. The number of hydrogen-bond acceptors (Lipinski definition) is 5. The van der Waals surface area contributed by atoms with Gasteiger partial charge in [0.05, 0.1) is 12.2 Å². The number of rotatable bonds is 4. The second-order valence-corrected chi connectivity index (χ2v) is 7.02. The van der Waals surface area contributed by atoms with Gasteiger partial charge < -0.3 is 14.7 Å². The van der Waals surface area contributed by atoms with Crippen LogP contribution in [0.3, 0.4) is 0 Å². The first kappa shape index (κ1) is 16.5. The summed E-state index contributed by atoms with van der Waals surface area (Å²) in [6.07, 6.45) is 4.49. The first-order valence-corrected chi connectivity index (χ1v) is 9.16. The highest BCUT2D eigenvalue weighted by Crippen LogP contribution is 2.51. The van der Waals surface area contributed by atoms with Crippen molar-refractivity contribution in [1.82, 2.24) is 9.97 Å². The van der Waals surface area contributed by atoms with Gasteiger partial charge in [0, 0.05) is 43.3 Å². The monoisotopic (exact) mass is 339 g/mol. The van der Waals surface area contributed by atoms with Gasteiger partial charge in [-0.1, -0.05) is 30.3 Å². The summed E-state index contributed by atoms with van der Waals surface area (Å²) in [5.74, 6) is 1.72. The molecule has 2 heterocycles. The normalized spacial score (nSPS) is 25.0. The van der Waals surface area contributed by atoms with Crippen molar-refractivity contribution in [3.05, 3.63) is 42.6 Å². The van der Waals surface area contributed by atoms with Crippen LogP contribution in [-0.2, 0) is 4.74 Å². The Hall–Kier alpha value is -1.98. The number of aromatic nitrogens is 2. The van der Waals surface area contributed by atoms with Gasteiger partial charge in [0.25, 0.3) is 0 Å². The maximum atomic E-state index is 10.3. The van der Waals surface area contributed by atoms with Crippen LogP contribution in [0.5, 0.6) is 0 Å². The Labute approximate surface area is 148 Å². The number of benzene rings is 1. The van der Waals surface area contributed by atoms with Crippen LogP contribution in [0.4, 0.5) is 5.82 Å². The summed E-state index contributed by atoms with van der Waals surface area (Å²) in [5, 5.41) is 10.3. The van der Waals surface area contributed by atoms with Crippen molar-refractivity contribution in [1.29, 1.82) is 0 Å². The number of hydrogen-bond donors (Lipinski definition) is 1. The van der Waals surface area contributed by atoms with E-state index >= 15 is 0 Å². The fraction of sp³-hybridized carbons (Fsp3) is 0.500. The summed E-state index contributed by atoms with van der Waals surface area (Å²) in [6, 6.07) is 12.0. The molecule has 1 saturated carbocycles. The second-order valence-electron chi connectivity index (χ2n) is 7.02. The Morgan fingerprint density at radius 2 is 1.96 bits per heavy atom. The molecule has 2 aromatic rings. The largest absolute Gasteiger partial charge is 0.392 e. The van der Waals surface area contributed by atoms with Gasteiger partial charge in [0.1, 0.15) is 5.82 Å². The van der Waals surface area contributed by atoms with Crippen LogP contribution in [0.2, 0.25) is 0 Å². The third kappa shape index (κ3) is 2.92. The fourth-order valence-electron chi connectivity index (χ4n) is 4.22. The molecule has 25 heavy (non-hydrogen) atoms. The minimum atomic E-state index is -0.225. The van der Waals surface area contributed by atoms with Crippen molar-refractivity contribution >= 4 is 5.82 Å². The maximum absolute atomic E-state index is 10.3. The number of anilines is 1.